The van der Waals surface area contributed by atoms with E-state index in [4.69, 9.17) is 4.74 Å². The number of rotatable bonds is 5. The fraction of sp³-hybridized carbons (Fsp3) is 0.364. The van der Waals surface area contributed by atoms with Gasteiger partial charge < -0.3 is 15.0 Å². The van der Waals surface area contributed by atoms with Crippen LogP contribution in [0.1, 0.15) is 40.7 Å². The number of hydrogen-bond donors (Lipinski definition) is 1. The number of nitrogens with one attached hydrogen (secondary N) is 1. The summed E-state index contributed by atoms with van der Waals surface area (Å²) in [6.45, 7) is 4.61. The van der Waals surface area contributed by atoms with Crippen LogP contribution in [0.3, 0.4) is 0 Å². The molecular formula is C22H24N2O3S. The molecule has 1 saturated heterocycles. The predicted molar refractivity (Wildman–Crippen MR) is 111 cm³/mol. The number of fused-ring (bicyclic) bond motifs is 3. The number of nitrogens with zero attached hydrogens (tertiary/aromatic N) is 1. The molecule has 2 aromatic carbocycles. The molecule has 1 fully saturated rings. The monoisotopic (exact) mass is 396 g/mol. The summed E-state index contributed by atoms with van der Waals surface area (Å²) in [6.07, 6.45) is 0.730. The maximum absolute atomic E-state index is 13.1. The molecule has 0 radical (unpaired) electrons. The fourth-order valence-electron chi connectivity index (χ4n) is 4.02. The van der Waals surface area contributed by atoms with Crippen LogP contribution >= 0.6 is 11.8 Å². The molecule has 5 nitrogen and oxygen atoms in total. The van der Waals surface area contributed by atoms with E-state index in [-0.39, 0.29) is 21.9 Å². The number of carbonyl (C=O) groups is 2. The lowest BCUT2D eigenvalue weighted by molar-refractivity contribution is -0.126. The van der Waals surface area contributed by atoms with Gasteiger partial charge in [-0.15, -0.1) is 11.8 Å². The number of ether oxygens (including phenoxy) is 1. The molecular weight excluding hydrogens is 372 g/mol. The molecule has 0 spiro atoms. The summed E-state index contributed by atoms with van der Waals surface area (Å²) < 4.78 is 4.82. The Balaban J connectivity index is 1.45. The van der Waals surface area contributed by atoms with E-state index in [1.165, 1.54) is 0 Å². The Morgan fingerprint density at radius 2 is 1.89 bits per heavy atom. The second-order valence-corrected chi connectivity index (χ2v) is 9.40. The van der Waals surface area contributed by atoms with Gasteiger partial charge in [-0.1, -0.05) is 30.3 Å². The lowest BCUT2D eigenvalue weighted by atomic mass is 10.0. The summed E-state index contributed by atoms with van der Waals surface area (Å²) >= 11 is 1.69. The highest BCUT2D eigenvalue weighted by molar-refractivity contribution is 8.01. The summed E-state index contributed by atoms with van der Waals surface area (Å²) in [5.74, 6) is 0.680. The highest BCUT2D eigenvalue weighted by Gasteiger charge is 2.57. The summed E-state index contributed by atoms with van der Waals surface area (Å²) in [5.41, 5.74) is 2.86. The molecule has 0 unspecified atom stereocenters. The number of thioether (sulfide) groups is 1. The molecule has 4 rings (SSSR count). The lowest BCUT2D eigenvalue weighted by Crippen LogP contribution is -2.52. The first-order valence-corrected chi connectivity index (χ1v) is 10.3. The zero-order chi connectivity index (χ0) is 19.9. The van der Waals surface area contributed by atoms with E-state index in [9.17, 15) is 9.59 Å². The minimum absolute atomic E-state index is 0.0472. The van der Waals surface area contributed by atoms with Crippen molar-refractivity contribution in [3.05, 3.63) is 65.2 Å². The van der Waals surface area contributed by atoms with Crippen molar-refractivity contribution in [2.24, 2.45) is 0 Å². The van der Waals surface area contributed by atoms with E-state index in [1.54, 1.807) is 23.8 Å². The lowest BCUT2D eigenvalue weighted by Gasteiger charge is -2.29. The quantitative estimate of drug-likeness (QED) is 0.842. The van der Waals surface area contributed by atoms with Gasteiger partial charge in [-0.25, -0.2) is 0 Å². The highest BCUT2D eigenvalue weighted by Crippen LogP contribution is 2.56. The molecule has 146 valence electrons. The van der Waals surface area contributed by atoms with Gasteiger partial charge in [-0.05, 0) is 49.6 Å². The van der Waals surface area contributed by atoms with Crippen molar-refractivity contribution < 1.29 is 14.3 Å². The van der Waals surface area contributed by atoms with E-state index in [1.807, 2.05) is 62.4 Å². The van der Waals surface area contributed by atoms with Gasteiger partial charge in [0.2, 0.25) is 5.91 Å². The molecule has 28 heavy (non-hydrogen) atoms. The summed E-state index contributed by atoms with van der Waals surface area (Å²) in [4.78, 5) is 27.8. The van der Waals surface area contributed by atoms with E-state index >= 15 is 0 Å². The predicted octanol–water partition coefficient (Wildman–Crippen LogP) is 3.40. The third-order valence-electron chi connectivity index (χ3n) is 5.42. The first kappa shape index (κ1) is 18.9. The average molecular weight is 397 g/mol. The van der Waals surface area contributed by atoms with Gasteiger partial charge in [-0.2, -0.15) is 0 Å². The van der Waals surface area contributed by atoms with Crippen LogP contribution in [0, 0.1) is 0 Å². The molecule has 0 aromatic heterocycles. The maximum atomic E-state index is 13.1. The maximum Gasteiger partial charge on any atom is 0.256 e. The van der Waals surface area contributed by atoms with Gasteiger partial charge >= 0.3 is 0 Å². The van der Waals surface area contributed by atoms with Gasteiger partial charge in [0.15, 0.2) is 0 Å². The Kier molecular flexibility index (Phi) is 4.83. The summed E-state index contributed by atoms with van der Waals surface area (Å²) in [7, 11) is 1.64. The molecule has 0 saturated carbocycles. The standard InChI is InChI=1S/C22H24N2O3S/c1-22(2)18(19(25)23-13-12-14-8-10-15(27-3)11-9-14)24-20(26)16-6-4-5-7-17(16)21(24)28-22/h4-11,18,21H,12-13H2,1-3H3,(H,23,25)/t18-,21+/m0/s1. The molecule has 1 N–H and O–H groups in total. The van der Waals surface area contributed by atoms with Crippen LogP contribution in [0.5, 0.6) is 5.75 Å². The van der Waals surface area contributed by atoms with Gasteiger partial charge in [0, 0.05) is 16.9 Å². The fourth-order valence-corrected chi connectivity index (χ4v) is 5.61. The second-order valence-electron chi connectivity index (χ2n) is 7.66. The molecule has 2 heterocycles. The van der Waals surface area contributed by atoms with E-state index in [0.717, 1.165) is 23.3 Å². The molecule has 2 atom stereocenters. The van der Waals surface area contributed by atoms with Crippen molar-refractivity contribution in [1.82, 2.24) is 10.2 Å². The molecule has 0 bridgehead atoms. The molecule has 2 aromatic rings. The zero-order valence-corrected chi connectivity index (χ0v) is 17.1. The number of benzene rings is 2. The van der Waals surface area contributed by atoms with Gasteiger partial charge in [-0.3, -0.25) is 9.59 Å². The van der Waals surface area contributed by atoms with Gasteiger partial charge in [0.05, 0.1) is 7.11 Å². The van der Waals surface area contributed by atoms with Crippen molar-refractivity contribution in [3.63, 3.8) is 0 Å². The second kappa shape index (κ2) is 7.17. The van der Waals surface area contributed by atoms with Gasteiger partial charge in [0.1, 0.15) is 17.2 Å². The van der Waals surface area contributed by atoms with Crippen molar-refractivity contribution >= 4 is 23.6 Å². The van der Waals surface area contributed by atoms with Gasteiger partial charge in [0.25, 0.3) is 5.91 Å². The minimum atomic E-state index is -0.488. The van der Waals surface area contributed by atoms with E-state index < -0.39 is 6.04 Å². The zero-order valence-electron chi connectivity index (χ0n) is 16.3. The molecule has 2 aliphatic rings. The van der Waals surface area contributed by atoms with E-state index in [2.05, 4.69) is 5.32 Å². The van der Waals surface area contributed by atoms with Crippen molar-refractivity contribution in [2.75, 3.05) is 13.7 Å². The van der Waals surface area contributed by atoms with E-state index in [0.29, 0.717) is 12.1 Å². The number of carbonyl (C=O) groups excluding carboxylic acids is 2. The Morgan fingerprint density at radius 1 is 1.18 bits per heavy atom. The number of hydrogen-bond acceptors (Lipinski definition) is 4. The SMILES string of the molecule is COc1ccc(CCNC(=O)[C@@H]2N3C(=O)c4ccccc4[C@H]3SC2(C)C)cc1. The smallest absolute Gasteiger partial charge is 0.256 e. The third-order valence-corrected chi connectivity index (χ3v) is 6.95. The number of amides is 2. The minimum Gasteiger partial charge on any atom is -0.497 e. The normalized spacial score (nSPS) is 22.0. The highest BCUT2D eigenvalue weighted by atomic mass is 32.2. The van der Waals surface area contributed by atoms with Crippen LogP contribution in [0.25, 0.3) is 0 Å². The molecule has 2 amide bonds. The van der Waals surface area contributed by atoms with Crippen LogP contribution in [0.15, 0.2) is 48.5 Å². The van der Waals surface area contributed by atoms with Crippen molar-refractivity contribution in [2.45, 2.75) is 36.4 Å². The first-order chi connectivity index (χ1) is 13.4. The van der Waals surface area contributed by atoms with Crippen LogP contribution < -0.4 is 10.1 Å². The number of methoxy groups -OCH3 is 1. The molecule has 0 aliphatic carbocycles. The van der Waals surface area contributed by atoms with Crippen molar-refractivity contribution in [1.29, 1.82) is 0 Å². The molecule has 2 aliphatic heterocycles. The first-order valence-electron chi connectivity index (χ1n) is 9.42. The van der Waals surface area contributed by atoms with Crippen LogP contribution in [0.2, 0.25) is 0 Å². The topological polar surface area (TPSA) is 58.6 Å². The third kappa shape index (κ3) is 3.15. The Morgan fingerprint density at radius 3 is 2.61 bits per heavy atom. The summed E-state index contributed by atoms with van der Waals surface area (Å²) in [6, 6.07) is 15.0. The van der Waals surface area contributed by atoms with Crippen LogP contribution in [-0.2, 0) is 11.2 Å². The summed E-state index contributed by atoms with van der Waals surface area (Å²) in [5, 5.41) is 2.95. The molecule has 6 heteroatoms. The van der Waals surface area contributed by atoms with Crippen LogP contribution in [0.4, 0.5) is 0 Å². The van der Waals surface area contributed by atoms with Crippen LogP contribution in [-0.4, -0.2) is 41.2 Å². The Bertz CT molecular complexity index is 910. The Labute approximate surface area is 169 Å². The van der Waals surface area contributed by atoms with Crippen molar-refractivity contribution in [3.8, 4) is 5.75 Å². The Hall–Kier alpha value is -2.47. The largest absolute Gasteiger partial charge is 0.497 e. The average Bonchev–Trinajstić information content (AvgIpc) is 3.12.